The number of aliphatic carboxylic acids is 1. The molecule has 1 heterocycles. The molecule has 1 saturated heterocycles. The zero-order valence-electron chi connectivity index (χ0n) is 13.4. The van der Waals surface area contributed by atoms with Gasteiger partial charge in [0.15, 0.2) is 0 Å². The summed E-state index contributed by atoms with van der Waals surface area (Å²) in [6.07, 6.45) is 2.90. The van der Waals surface area contributed by atoms with E-state index in [1.165, 1.54) is 12.1 Å². The van der Waals surface area contributed by atoms with Crippen molar-refractivity contribution in [3.8, 4) is 0 Å². The van der Waals surface area contributed by atoms with Crippen LogP contribution in [0.15, 0.2) is 24.3 Å². The molecule has 1 aromatic carbocycles. The first-order chi connectivity index (χ1) is 11.0. The molecule has 0 spiro atoms. The van der Waals surface area contributed by atoms with E-state index in [2.05, 4.69) is 0 Å². The number of benzene rings is 1. The van der Waals surface area contributed by atoms with Crippen LogP contribution >= 0.6 is 0 Å². The van der Waals surface area contributed by atoms with Crippen LogP contribution in [0.25, 0.3) is 0 Å². The average molecular weight is 321 g/mol. The number of aliphatic hydroxyl groups excluding tert-OH is 1. The molecule has 1 aliphatic heterocycles. The molecule has 3 rings (SSSR count). The van der Waals surface area contributed by atoms with E-state index in [1.807, 2.05) is 17.9 Å². The van der Waals surface area contributed by atoms with Crippen molar-refractivity contribution in [2.45, 2.75) is 44.2 Å². The van der Waals surface area contributed by atoms with Gasteiger partial charge < -0.3 is 10.2 Å². The zero-order chi connectivity index (χ0) is 16.6. The third kappa shape index (κ3) is 3.40. The second kappa shape index (κ2) is 6.57. The van der Waals surface area contributed by atoms with Crippen LogP contribution in [-0.4, -0.2) is 46.3 Å². The van der Waals surface area contributed by atoms with E-state index in [0.29, 0.717) is 18.9 Å². The van der Waals surface area contributed by atoms with E-state index in [9.17, 15) is 19.4 Å². The zero-order valence-corrected chi connectivity index (χ0v) is 13.4. The second-order valence-electron chi connectivity index (χ2n) is 6.98. The molecule has 0 bridgehead atoms. The predicted octanol–water partition coefficient (Wildman–Crippen LogP) is 2.48. The summed E-state index contributed by atoms with van der Waals surface area (Å²) in [4.78, 5) is 13.7. The first-order valence-electron chi connectivity index (χ1n) is 8.36. The quantitative estimate of drug-likeness (QED) is 0.845. The largest absolute Gasteiger partial charge is 0.480 e. The van der Waals surface area contributed by atoms with Crippen LogP contribution in [0.4, 0.5) is 4.39 Å². The number of hydrogen-bond acceptors (Lipinski definition) is 3. The minimum Gasteiger partial charge on any atom is -0.480 e. The van der Waals surface area contributed by atoms with Gasteiger partial charge in [0.05, 0.1) is 0 Å². The first kappa shape index (κ1) is 16.4. The molecule has 23 heavy (non-hydrogen) atoms. The van der Waals surface area contributed by atoms with Crippen LogP contribution in [0.1, 0.15) is 37.7 Å². The number of carboxylic acid groups (broad SMARTS) is 1. The Morgan fingerprint density at radius 3 is 2.74 bits per heavy atom. The highest BCUT2D eigenvalue weighted by Gasteiger charge is 2.45. The standard InChI is InChI=1S/C18H24FNO3/c1-11-16(10-21)15(13-3-2-4-14(19)8-13)9-20(11)17(18(22)23)7-12-5-6-12/h2-4,8,11-12,15-17,21H,5-7,9-10H2,1H3,(H,22,23)/t11?,15?,16?,17-/m1/s1. The van der Waals surface area contributed by atoms with Gasteiger partial charge in [-0.15, -0.1) is 0 Å². The van der Waals surface area contributed by atoms with Crippen LogP contribution in [-0.2, 0) is 4.79 Å². The molecule has 1 saturated carbocycles. The molecule has 0 aromatic heterocycles. The second-order valence-corrected chi connectivity index (χ2v) is 6.98. The molecule has 2 N–H and O–H groups in total. The molecular weight excluding hydrogens is 297 g/mol. The van der Waals surface area contributed by atoms with Crippen LogP contribution in [0, 0.1) is 17.7 Å². The molecular formula is C18H24FNO3. The smallest absolute Gasteiger partial charge is 0.320 e. The highest BCUT2D eigenvalue weighted by Crippen LogP contribution is 2.41. The van der Waals surface area contributed by atoms with Crippen molar-refractivity contribution in [2.75, 3.05) is 13.2 Å². The Labute approximate surface area is 135 Å². The third-order valence-corrected chi connectivity index (χ3v) is 5.49. The van der Waals surface area contributed by atoms with Crippen molar-refractivity contribution in [3.63, 3.8) is 0 Å². The van der Waals surface area contributed by atoms with Crippen LogP contribution in [0.5, 0.6) is 0 Å². The van der Waals surface area contributed by atoms with E-state index in [0.717, 1.165) is 18.4 Å². The first-order valence-corrected chi connectivity index (χ1v) is 8.36. The number of rotatable bonds is 6. The van der Waals surface area contributed by atoms with E-state index in [4.69, 9.17) is 0 Å². The van der Waals surface area contributed by atoms with Gasteiger partial charge in [0.25, 0.3) is 0 Å². The van der Waals surface area contributed by atoms with Crippen molar-refractivity contribution in [1.82, 2.24) is 4.90 Å². The molecule has 2 aliphatic rings. The van der Waals surface area contributed by atoms with Gasteiger partial charge in [-0.25, -0.2) is 4.39 Å². The van der Waals surface area contributed by atoms with E-state index in [1.54, 1.807) is 6.07 Å². The Morgan fingerprint density at radius 1 is 1.43 bits per heavy atom. The van der Waals surface area contributed by atoms with E-state index < -0.39 is 12.0 Å². The average Bonchev–Trinajstić information content (AvgIpc) is 3.27. The van der Waals surface area contributed by atoms with Gasteiger partial charge >= 0.3 is 5.97 Å². The fourth-order valence-electron chi connectivity index (χ4n) is 3.94. The van der Waals surface area contributed by atoms with Crippen molar-refractivity contribution in [1.29, 1.82) is 0 Å². The number of aliphatic hydroxyl groups is 1. The lowest BCUT2D eigenvalue weighted by Gasteiger charge is -2.29. The molecule has 1 aromatic rings. The van der Waals surface area contributed by atoms with Crippen molar-refractivity contribution >= 4 is 5.97 Å². The van der Waals surface area contributed by atoms with Gasteiger partial charge in [0.1, 0.15) is 11.9 Å². The molecule has 0 radical (unpaired) electrons. The molecule has 5 heteroatoms. The highest BCUT2D eigenvalue weighted by molar-refractivity contribution is 5.73. The molecule has 126 valence electrons. The number of hydrogen-bond donors (Lipinski definition) is 2. The predicted molar refractivity (Wildman–Crippen MR) is 84.6 cm³/mol. The maximum Gasteiger partial charge on any atom is 0.320 e. The van der Waals surface area contributed by atoms with Gasteiger partial charge in [-0.2, -0.15) is 0 Å². The van der Waals surface area contributed by atoms with Gasteiger partial charge in [0.2, 0.25) is 0 Å². The summed E-state index contributed by atoms with van der Waals surface area (Å²) in [7, 11) is 0. The molecule has 1 aliphatic carbocycles. The lowest BCUT2D eigenvalue weighted by Crippen LogP contribution is -2.44. The Balaban J connectivity index is 1.83. The lowest BCUT2D eigenvalue weighted by molar-refractivity contribution is -0.144. The van der Waals surface area contributed by atoms with Crippen molar-refractivity contribution in [3.05, 3.63) is 35.6 Å². The monoisotopic (exact) mass is 321 g/mol. The number of halogens is 1. The van der Waals surface area contributed by atoms with Crippen molar-refractivity contribution < 1.29 is 19.4 Å². The number of carboxylic acids is 1. The Bertz CT molecular complexity index is 575. The number of likely N-dealkylation sites (tertiary alicyclic amines) is 1. The topological polar surface area (TPSA) is 60.8 Å². The maximum atomic E-state index is 13.5. The summed E-state index contributed by atoms with van der Waals surface area (Å²) >= 11 is 0. The summed E-state index contributed by atoms with van der Waals surface area (Å²) < 4.78 is 13.5. The molecule has 4 nitrogen and oxygen atoms in total. The fourth-order valence-corrected chi connectivity index (χ4v) is 3.94. The fraction of sp³-hybridized carbons (Fsp3) is 0.611. The minimum absolute atomic E-state index is 0.0192. The Hall–Kier alpha value is -1.46. The van der Waals surface area contributed by atoms with Gasteiger partial charge in [-0.3, -0.25) is 9.69 Å². The maximum absolute atomic E-state index is 13.5. The summed E-state index contributed by atoms with van der Waals surface area (Å²) in [5.41, 5.74) is 0.842. The van der Waals surface area contributed by atoms with Gasteiger partial charge in [-0.1, -0.05) is 25.0 Å². The van der Waals surface area contributed by atoms with Gasteiger partial charge in [0, 0.05) is 31.0 Å². The van der Waals surface area contributed by atoms with Crippen LogP contribution in [0.3, 0.4) is 0 Å². The Kier molecular flexibility index (Phi) is 4.69. The molecule has 2 fully saturated rings. The minimum atomic E-state index is -0.791. The SMILES string of the molecule is CC1C(CO)C(c2cccc(F)c2)CN1[C@H](CC1CC1)C(=O)O. The highest BCUT2D eigenvalue weighted by atomic mass is 19.1. The van der Waals surface area contributed by atoms with Gasteiger partial charge in [-0.05, 0) is 37.0 Å². The van der Waals surface area contributed by atoms with E-state index in [-0.39, 0.29) is 30.3 Å². The normalized spacial score (nSPS) is 29.6. The van der Waals surface area contributed by atoms with Crippen LogP contribution < -0.4 is 0 Å². The van der Waals surface area contributed by atoms with Crippen LogP contribution in [0.2, 0.25) is 0 Å². The molecule has 3 unspecified atom stereocenters. The molecule has 4 atom stereocenters. The summed E-state index contributed by atoms with van der Waals surface area (Å²) in [6, 6.07) is 5.90. The van der Waals surface area contributed by atoms with E-state index >= 15 is 0 Å². The number of nitrogens with zero attached hydrogens (tertiary/aromatic N) is 1. The summed E-state index contributed by atoms with van der Waals surface area (Å²) in [5.74, 6) is -0.674. The number of carbonyl (C=O) groups is 1. The molecule has 0 amide bonds. The van der Waals surface area contributed by atoms with Crippen molar-refractivity contribution in [2.24, 2.45) is 11.8 Å². The Morgan fingerprint density at radius 2 is 2.17 bits per heavy atom. The third-order valence-electron chi connectivity index (χ3n) is 5.49. The lowest BCUT2D eigenvalue weighted by atomic mass is 9.86. The summed E-state index contributed by atoms with van der Waals surface area (Å²) in [6.45, 7) is 2.51. The summed E-state index contributed by atoms with van der Waals surface area (Å²) in [5, 5.41) is 19.4.